The van der Waals surface area contributed by atoms with Gasteiger partial charge in [-0.15, -0.1) is 0 Å². The van der Waals surface area contributed by atoms with E-state index >= 15 is 0 Å². The predicted octanol–water partition coefficient (Wildman–Crippen LogP) is 4.01. The van der Waals surface area contributed by atoms with E-state index in [0.717, 1.165) is 33.0 Å². The summed E-state index contributed by atoms with van der Waals surface area (Å²) in [4.78, 5) is 9.54. The lowest BCUT2D eigenvalue weighted by atomic mass is 10.0. The molecule has 2 aromatic heterocycles. The molecule has 2 heterocycles. The van der Waals surface area contributed by atoms with Crippen LogP contribution in [0.4, 0.5) is 0 Å². The van der Waals surface area contributed by atoms with Crippen molar-refractivity contribution in [1.29, 1.82) is 0 Å². The molecule has 0 fully saturated rings. The quantitative estimate of drug-likeness (QED) is 0.767. The average Bonchev–Trinajstić information content (AvgIpc) is 2.62. The van der Waals surface area contributed by atoms with E-state index in [9.17, 15) is 4.21 Å². The molecule has 3 rings (SSSR count). The predicted molar refractivity (Wildman–Crippen MR) is 98.1 cm³/mol. The Morgan fingerprint density at radius 1 is 1.00 bits per heavy atom. The van der Waals surface area contributed by atoms with Gasteiger partial charge in [-0.1, -0.05) is 23.7 Å². The van der Waals surface area contributed by atoms with Crippen molar-refractivity contribution in [2.75, 3.05) is 7.05 Å². The van der Waals surface area contributed by atoms with Gasteiger partial charge < -0.3 is 0 Å². The number of aryl methyl sites for hydroxylation is 1. The Morgan fingerprint density at radius 3 is 2.33 bits per heavy atom. The fourth-order valence-electron chi connectivity index (χ4n) is 2.37. The Kier molecular flexibility index (Phi) is 5.04. The summed E-state index contributed by atoms with van der Waals surface area (Å²) in [6.07, 6.45) is 3.43. The molecule has 122 valence electrons. The van der Waals surface area contributed by atoms with Crippen LogP contribution in [0.15, 0.2) is 59.8 Å². The van der Waals surface area contributed by atoms with E-state index in [1.165, 1.54) is 0 Å². The molecule has 0 saturated heterocycles. The van der Waals surface area contributed by atoms with Gasteiger partial charge in [0.15, 0.2) is 0 Å². The van der Waals surface area contributed by atoms with E-state index in [4.69, 9.17) is 11.6 Å². The molecule has 4 nitrogen and oxygen atoms in total. The number of aromatic nitrogens is 2. The molecule has 0 amide bonds. The number of benzene rings is 1. The Balaban J connectivity index is 2.08. The third-order valence-electron chi connectivity index (χ3n) is 3.60. The number of pyridine rings is 2. The number of hydrogen-bond acceptors (Lipinski definition) is 3. The molecule has 0 aliphatic carbocycles. The van der Waals surface area contributed by atoms with Gasteiger partial charge in [-0.25, -0.2) is 8.93 Å². The van der Waals surface area contributed by atoms with Gasteiger partial charge in [0.25, 0.3) is 0 Å². The van der Waals surface area contributed by atoms with Crippen LogP contribution in [-0.2, 0) is 11.0 Å². The highest BCUT2D eigenvalue weighted by Gasteiger charge is 2.11. The molecule has 0 bridgehead atoms. The molecule has 24 heavy (non-hydrogen) atoms. The highest BCUT2D eigenvalue weighted by atomic mass is 35.5. The minimum atomic E-state index is -1.21. The molecule has 1 aromatic carbocycles. The highest BCUT2D eigenvalue weighted by Crippen LogP contribution is 2.32. The van der Waals surface area contributed by atoms with E-state index in [0.29, 0.717) is 5.02 Å². The first-order valence-electron chi connectivity index (χ1n) is 7.36. The molecule has 1 N–H and O–H groups in total. The van der Waals surface area contributed by atoms with Crippen molar-refractivity contribution >= 4 is 22.6 Å². The van der Waals surface area contributed by atoms with Gasteiger partial charge >= 0.3 is 0 Å². The van der Waals surface area contributed by atoms with Crippen LogP contribution in [0.25, 0.3) is 22.4 Å². The van der Waals surface area contributed by atoms with Gasteiger partial charge in [-0.05, 0) is 49.9 Å². The summed E-state index contributed by atoms with van der Waals surface area (Å²) in [5, 5.41) is 0.566. The van der Waals surface area contributed by atoms with Crippen LogP contribution in [0.1, 0.15) is 5.69 Å². The smallest absolute Gasteiger partial charge is 0.124 e. The molecular formula is C18H16ClN3OS. The van der Waals surface area contributed by atoms with E-state index < -0.39 is 11.0 Å². The number of nitrogens with zero attached hydrogens (tertiary/aromatic N) is 2. The zero-order chi connectivity index (χ0) is 17.1. The summed E-state index contributed by atoms with van der Waals surface area (Å²) in [6, 6.07) is 13.3. The van der Waals surface area contributed by atoms with Crippen LogP contribution in [0.2, 0.25) is 5.02 Å². The second kappa shape index (κ2) is 7.21. The lowest BCUT2D eigenvalue weighted by molar-refractivity contribution is 0.678. The number of halogens is 1. The molecule has 1 unspecified atom stereocenters. The van der Waals surface area contributed by atoms with E-state index in [-0.39, 0.29) is 0 Å². The standard InChI is InChI=1S/C18H16ClN3OS/c1-12-3-4-14(10-21-12)18-17(9-15(19)11-22-18)13-5-7-16(8-6-13)24(23)20-2/h3-11,20H,1-2H3. The third-order valence-corrected chi connectivity index (χ3v) is 4.88. The first-order chi connectivity index (χ1) is 11.6. The van der Waals surface area contributed by atoms with Gasteiger partial charge in [0.05, 0.1) is 15.6 Å². The third kappa shape index (κ3) is 3.53. The van der Waals surface area contributed by atoms with Crippen molar-refractivity contribution in [3.05, 3.63) is 65.6 Å². The van der Waals surface area contributed by atoms with E-state index in [1.807, 2.05) is 49.4 Å². The molecule has 0 spiro atoms. The monoisotopic (exact) mass is 357 g/mol. The molecule has 0 saturated carbocycles. The zero-order valence-corrected chi connectivity index (χ0v) is 14.9. The maximum absolute atomic E-state index is 11.8. The second-order valence-electron chi connectivity index (χ2n) is 5.24. The van der Waals surface area contributed by atoms with Gasteiger partial charge in [0.1, 0.15) is 11.0 Å². The minimum Gasteiger partial charge on any atom is -0.261 e. The topological polar surface area (TPSA) is 54.9 Å². The second-order valence-corrected chi connectivity index (χ2v) is 7.09. The molecule has 6 heteroatoms. The molecule has 0 aliphatic rings. The number of hydrogen-bond donors (Lipinski definition) is 1. The zero-order valence-electron chi connectivity index (χ0n) is 13.3. The lowest BCUT2D eigenvalue weighted by Gasteiger charge is -2.10. The van der Waals surface area contributed by atoms with Gasteiger partial charge in [-0.2, -0.15) is 0 Å². The van der Waals surface area contributed by atoms with Gasteiger partial charge in [0, 0.05) is 29.2 Å². The number of rotatable bonds is 4. The fourth-order valence-corrected chi connectivity index (χ4v) is 3.15. The van der Waals surface area contributed by atoms with Crippen LogP contribution in [0.5, 0.6) is 0 Å². The molecule has 0 aliphatic heterocycles. The summed E-state index contributed by atoms with van der Waals surface area (Å²) in [5.41, 5.74) is 4.56. The first-order valence-corrected chi connectivity index (χ1v) is 8.89. The van der Waals surface area contributed by atoms with Gasteiger partial charge in [0.2, 0.25) is 0 Å². The van der Waals surface area contributed by atoms with Crippen LogP contribution >= 0.6 is 11.6 Å². The van der Waals surface area contributed by atoms with Crippen molar-refractivity contribution in [3.63, 3.8) is 0 Å². The lowest BCUT2D eigenvalue weighted by Crippen LogP contribution is -2.10. The van der Waals surface area contributed by atoms with Crippen LogP contribution in [-0.4, -0.2) is 21.2 Å². The minimum absolute atomic E-state index is 0.566. The van der Waals surface area contributed by atoms with Crippen molar-refractivity contribution in [2.45, 2.75) is 11.8 Å². The van der Waals surface area contributed by atoms with Crippen molar-refractivity contribution in [3.8, 4) is 22.4 Å². The molecule has 0 radical (unpaired) electrons. The van der Waals surface area contributed by atoms with E-state index in [2.05, 4.69) is 14.7 Å². The summed E-state index contributed by atoms with van der Waals surface area (Å²) in [7, 11) is 0.455. The van der Waals surface area contributed by atoms with Crippen LogP contribution < -0.4 is 4.72 Å². The molecular weight excluding hydrogens is 342 g/mol. The maximum Gasteiger partial charge on any atom is 0.124 e. The highest BCUT2D eigenvalue weighted by molar-refractivity contribution is 7.83. The summed E-state index contributed by atoms with van der Waals surface area (Å²) in [5.74, 6) is 0. The fraction of sp³-hybridized carbons (Fsp3) is 0.111. The summed E-state index contributed by atoms with van der Waals surface area (Å²) in [6.45, 7) is 1.95. The first kappa shape index (κ1) is 16.8. The Bertz CT molecular complexity index is 880. The van der Waals surface area contributed by atoms with Crippen molar-refractivity contribution in [2.24, 2.45) is 0 Å². The van der Waals surface area contributed by atoms with Crippen molar-refractivity contribution in [1.82, 2.24) is 14.7 Å². The molecule has 1 atom stereocenters. The SMILES string of the molecule is CNS(=O)c1ccc(-c2cc(Cl)cnc2-c2ccc(C)nc2)cc1. The Labute approximate surface area is 148 Å². The van der Waals surface area contributed by atoms with Gasteiger partial charge in [-0.3, -0.25) is 9.97 Å². The maximum atomic E-state index is 11.8. The Morgan fingerprint density at radius 2 is 1.71 bits per heavy atom. The van der Waals surface area contributed by atoms with E-state index in [1.54, 1.807) is 19.4 Å². The number of nitrogens with one attached hydrogen (secondary N) is 1. The van der Waals surface area contributed by atoms with Crippen LogP contribution in [0.3, 0.4) is 0 Å². The average molecular weight is 358 g/mol. The van der Waals surface area contributed by atoms with Crippen LogP contribution in [0, 0.1) is 6.92 Å². The largest absolute Gasteiger partial charge is 0.261 e. The van der Waals surface area contributed by atoms with Crippen molar-refractivity contribution < 1.29 is 4.21 Å². The summed E-state index contributed by atoms with van der Waals surface area (Å²) >= 11 is 6.15. The molecule has 3 aromatic rings. The Hall–Kier alpha value is -2.08. The summed E-state index contributed by atoms with van der Waals surface area (Å²) < 4.78 is 14.5. The normalized spacial score (nSPS) is 12.1.